The summed E-state index contributed by atoms with van der Waals surface area (Å²) in [6, 6.07) is 9.04. The van der Waals surface area contributed by atoms with E-state index in [1.54, 1.807) is 25.1 Å². The molecule has 4 nitrogen and oxygen atoms in total. The van der Waals surface area contributed by atoms with Crippen LogP contribution in [-0.2, 0) is 10.4 Å². The number of carbonyl (C=O) groups is 1. The first-order valence-corrected chi connectivity index (χ1v) is 6.26. The van der Waals surface area contributed by atoms with Crippen molar-refractivity contribution in [2.75, 3.05) is 0 Å². The highest BCUT2D eigenvalue weighted by Gasteiger charge is 2.39. The lowest BCUT2D eigenvalue weighted by Gasteiger charge is -2.36. The quantitative estimate of drug-likeness (QED) is 0.917. The smallest absolute Gasteiger partial charge is 0.307 e. The van der Waals surface area contributed by atoms with E-state index in [0.717, 1.165) is 11.4 Å². The van der Waals surface area contributed by atoms with Gasteiger partial charge in [-0.2, -0.15) is 0 Å². The molecule has 5 heteroatoms. The van der Waals surface area contributed by atoms with Crippen LogP contribution in [0.3, 0.4) is 0 Å². The van der Waals surface area contributed by atoms with Gasteiger partial charge in [-0.25, -0.2) is 0 Å². The number of aromatic nitrogens is 1. The van der Waals surface area contributed by atoms with Gasteiger partial charge in [-0.1, -0.05) is 11.6 Å². The van der Waals surface area contributed by atoms with Crippen LogP contribution in [0.5, 0.6) is 5.75 Å². The monoisotopic (exact) mass is 277 g/mol. The van der Waals surface area contributed by atoms with Gasteiger partial charge >= 0.3 is 5.97 Å². The van der Waals surface area contributed by atoms with Crippen molar-refractivity contribution in [2.24, 2.45) is 0 Å². The van der Waals surface area contributed by atoms with Crippen molar-refractivity contribution < 1.29 is 14.6 Å². The minimum Gasteiger partial charge on any atom is -0.481 e. The average molecular weight is 278 g/mol. The van der Waals surface area contributed by atoms with E-state index in [0.29, 0.717) is 10.8 Å². The van der Waals surface area contributed by atoms with Crippen LogP contribution in [0.15, 0.2) is 36.5 Å². The van der Waals surface area contributed by atoms with Gasteiger partial charge in [0.1, 0.15) is 5.75 Å². The van der Waals surface area contributed by atoms with Crippen LogP contribution in [0.1, 0.15) is 19.0 Å². The summed E-state index contributed by atoms with van der Waals surface area (Å²) in [7, 11) is 0. The topological polar surface area (TPSA) is 51.5 Å². The third-order valence-electron chi connectivity index (χ3n) is 3.29. The number of aliphatic carboxylic acids is 1. The third kappa shape index (κ3) is 1.88. The van der Waals surface area contributed by atoms with Gasteiger partial charge in [-0.15, -0.1) is 0 Å². The van der Waals surface area contributed by atoms with Gasteiger partial charge in [0.2, 0.25) is 0 Å². The number of carboxylic acids is 1. The number of carboxylic acid groups (broad SMARTS) is 1. The minimum atomic E-state index is -0.896. The summed E-state index contributed by atoms with van der Waals surface area (Å²) < 4.78 is 7.83. The molecule has 0 spiro atoms. The molecule has 98 valence electrons. The van der Waals surface area contributed by atoms with Crippen LogP contribution < -0.4 is 4.74 Å². The molecule has 0 bridgehead atoms. The molecule has 2 aromatic rings. The maximum atomic E-state index is 11.1. The van der Waals surface area contributed by atoms with Gasteiger partial charge in [-0.05, 0) is 37.3 Å². The number of benzene rings is 1. The SMILES string of the molecule is CC1(CC(=O)O)Oc2ccc(Cl)cc2-n2cccc21. The average Bonchev–Trinajstić information content (AvgIpc) is 2.79. The Bertz CT molecular complexity index is 664. The second kappa shape index (κ2) is 4.03. The van der Waals surface area contributed by atoms with Crippen molar-refractivity contribution in [3.8, 4) is 11.4 Å². The first-order chi connectivity index (χ1) is 8.99. The second-order valence-corrected chi connectivity index (χ2v) is 5.22. The Morgan fingerprint density at radius 1 is 1.47 bits per heavy atom. The van der Waals surface area contributed by atoms with Gasteiger partial charge in [0.25, 0.3) is 0 Å². The van der Waals surface area contributed by atoms with E-state index in [2.05, 4.69) is 0 Å². The van der Waals surface area contributed by atoms with Crippen LogP contribution in [0.2, 0.25) is 5.02 Å². The molecule has 0 saturated heterocycles. The second-order valence-electron chi connectivity index (χ2n) is 4.78. The van der Waals surface area contributed by atoms with Crippen molar-refractivity contribution >= 4 is 17.6 Å². The molecular weight excluding hydrogens is 266 g/mol. The Labute approximate surface area is 115 Å². The Morgan fingerprint density at radius 3 is 3.00 bits per heavy atom. The fraction of sp³-hybridized carbons (Fsp3) is 0.214. The van der Waals surface area contributed by atoms with Gasteiger partial charge in [0.15, 0.2) is 5.60 Å². The van der Waals surface area contributed by atoms with Crippen LogP contribution in [0.25, 0.3) is 5.69 Å². The predicted molar refractivity (Wildman–Crippen MR) is 71.0 cm³/mol. The van der Waals surface area contributed by atoms with Gasteiger partial charge in [0, 0.05) is 11.2 Å². The molecule has 1 aromatic carbocycles. The summed E-state index contributed by atoms with van der Waals surface area (Å²) in [6.45, 7) is 1.78. The lowest BCUT2D eigenvalue weighted by Crippen LogP contribution is -2.37. The van der Waals surface area contributed by atoms with Crippen molar-refractivity contribution in [1.82, 2.24) is 4.57 Å². The van der Waals surface area contributed by atoms with Crippen molar-refractivity contribution in [1.29, 1.82) is 0 Å². The lowest BCUT2D eigenvalue weighted by molar-refractivity contribution is -0.141. The van der Waals surface area contributed by atoms with E-state index in [1.165, 1.54) is 0 Å². The van der Waals surface area contributed by atoms with Gasteiger partial charge in [0.05, 0.1) is 17.8 Å². The lowest BCUT2D eigenvalue weighted by atomic mass is 9.95. The number of ether oxygens (including phenoxy) is 1. The Hall–Kier alpha value is -1.94. The van der Waals surface area contributed by atoms with E-state index in [1.807, 2.05) is 22.9 Å². The fourth-order valence-electron chi connectivity index (χ4n) is 2.50. The first-order valence-electron chi connectivity index (χ1n) is 5.88. The van der Waals surface area contributed by atoms with Crippen molar-refractivity contribution in [2.45, 2.75) is 18.9 Å². The Morgan fingerprint density at radius 2 is 2.26 bits per heavy atom. The highest BCUT2D eigenvalue weighted by molar-refractivity contribution is 6.30. The van der Waals surface area contributed by atoms with Crippen LogP contribution in [-0.4, -0.2) is 15.6 Å². The largest absolute Gasteiger partial charge is 0.481 e. The molecule has 0 aliphatic carbocycles. The summed E-state index contributed by atoms with van der Waals surface area (Å²) in [5.74, 6) is -0.260. The zero-order chi connectivity index (χ0) is 13.6. The molecule has 0 amide bonds. The standard InChI is InChI=1S/C14H12ClNO3/c1-14(8-13(17)18)12-3-2-6-16(12)10-7-9(15)4-5-11(10)19-14/h2-7H,8H2,1H3,(H,17,18). The van der Waals surface area contributed by atoms with Crippen LogP contribution in [0, 0.1) is 0 Å². The summed E-state index contributed by atoms with van der Waals surface area (Å²) in [4.78, 5) is 11.1. The van der Waals surface area contributed by atoms with E-state index < -0.39 is 11.6 Å². The first kappa shape index (κ1) is 12.1. The van der Waals surface area contributed by atoms with E-state index in [-0.39, 0.29) is 6.42 Å². The number of hydrogen-bond donors (Lipinski definition) is 1. The van der Waals surface area contributed by atoms with Crippen LogP contribution >= 0.6 is 11.6 Å². The zero-order valence-electron chi connectivity index (χ0n) is 10.3. The highest BCUT2D eigenvalue weighted by atomic mass is 35.5. The molecule has 1 aliphatic rings. The summed E-state index contributed by atoms with van der Waals surface area (Å²) in [6.07, 6.45) is 1.78. The molecule has 2 heterocycles. The van der Waals surface area contributed by atoms with E-state index in [9.17, 15) is 4.79 Å². The molecule has 19 heavy (non-hydrogen) atoms. The van der Waals surface area contributed by atoms with E-state index in [4.69, 9.17) is 21.4 Å². The number of nitrogens with zero attached hydrogens (tertiary/aromatic N) is 1. The minimum absolute atomic E-state index is 0.0981. The summed E-state index contributed by atoms with van der Waals surface area (Å²) in [5, 5.41) is 9.69. The number of halogens is 1. The molecule has 1 unspecified atom stereocenters. The Kier molecular flexibility index (Phi) is 2.57. The number of hydrogen-bond acceptors (Lipinski definition) is 2. The molecule has 0 radical (unpaired) electrons. The molecule has 1 aliphatic heterocycles. The summed E-state index contributed by atoms with van der Waals surface area (Å²) >= 11 is 6.00. The Balaban J connectivity index is 2.18. The molecular formula is C14H12ClNO3. The molecule has 1 N–H and O–H groups in total. The number of rotatable bonds is 2. The normalized spacial score (nSPS) is 20.3. The molecule has 1 atom stereocenters. The zero-order valence-corrected chi connectivity index (χ0v) is 11.0. The maximum Gasteiger partial charge on any atom is 0.307 e. The molecule has 3 rings (SSSR count). The van der Waals surface area contributed by atoms with Crippen molar-refractivity contribution in [3.63, 3.8) is 0 Å². The fourth-order valence-corrected chi connectivity index (χ4v) is 2.66. The molecule has 0 fully saturated rings. The number of fused-ring (bicyclic) bond motifs is 3. The maximum absolute atomic E-state index is 11.1. The highest BCUT2D eigenvalue weighted by Crippen LogP contribution is 2.41. The molecule has 0 saturated carbocycles. The van der Waals surface area contributed by atoms with Gasteiger partial charge in [-0.3, -0.25) is 4.79 Å². The third-order valence-corrected chi connectivity index (χ3v) is 3.53. The summed E-state index contributed by atoms with van der Waals surface area (Å²) in [5.41, 5.74) is 0.760. The van der Waals surface area contributed by atoms with Gasteiger partial charge < -0.3 is 14.4 Å². The van der Waals surface area contributed by atoms with Crippen LogP contribution in [0.4, 0.5) is 0 Å². The van der Waals surface area contributed by atoms with Crippen molar-refractivity contribution in [3.05, 3.63) is 47.2 Å². The van der Waals surface area contributed by atoms with E-state index >= 15 is 0 Å². The predicted octanol–water partition coefficient (Wildman–Crippen LogP) is 3.21. The molecule has 1 aromatic heterocycles.